The summed E-state index contributed by atoms with van der Waals surface area (Å²) in [5.74, 6) is -1.21. The molecule has 0 aliphatic heterocycles. The van der Waals surface area contributed by atoms with E-state index in [-0.39, 0.29) is 24.0 Å². The summed E-state index contributed by atoms with van der Waals surface area (Å²) in [5.41, 5.74) is -0.960. The van der Waals surface area contributed by atoms with Crippen LogP contribution in [-0.4, -0.2) is 44.2 Å². The van der Waals surface area contributed by atoms with Gasteiger partial charge in [-0.25, -0.2) is 8.42 Å². The molecule has 1 fully saturated rings. The molecule has 2 atom stereocenters. The number of sulfone groups is 1. The highest BCUT2D eigenvalue weighted by Crippen LogP contribution is 2.53. The molecule has 0 radical (unpaired) electrons. The van der Waals surface area contributed by atoms with Gasteiger partial charge in [-0.15, -0.1) is 0 Å². The lowest BCUT2D eigenvalue weighted by atomic mass is 10.1. The van der Waals surface area contributed by atoms with Gasteiger partial charge in [0, 0.05) is 12.4 Å². The first-order chi connectivity index (χ1) is 7.38. The van der Waals surface area contributed by atoms with Crippen molar-refractivity contribution < 1.29 is 23.1 Å². The Bertz CT molecular complexity index is 361. The lowest BCUT2D eigenvalue weighted by Crippen LogP contribution is -2.26. The summed E-state index contributed by atoms with van der Waals surface area (Å²) in [7, 11) is -3.10. The molecule has 1 N–H and O–H groups in total. The number of aliphatic carboxylic acids is 1. The van der Waals surface area contributed by atoms with Crippen LogP contribution < -0.4 is 0 Å². The Morgan fingerprint density at radius 3 is 2.56 bits per heavy atom. The van der Waals surface area contributed by atoms with Gasteiger partial charge in [0.15, 0.2) is 0 Å². The summed E-state index contributed by atoms with van der Waals surface area (Å²) >= 11 is 0. The summed E-state index contributed by atoms with van der Waals surface area (Å²) < 4.78 is 27.9. The number of carboxylic acids is 1. The highest BCUT2D eigenvalue weighted by Gasteiger charge is 2.61. The minimum Gasteiger partial charge on any atom is -0.481 e. The van der Waals surface area contributed by atoms with Crippen molar-refractivity contribution in [3.63, 3.8) is 0 Å². The van der Waals surface area contributed by atoms with Gasteiger partial charge in [-0.2, -0.15) is 0 Å². The Kier molecular flexibility index (Phi) is 3.96. The third-order valence-corrected chi connectivity index (χ3v) is 4.91. The van der Waals surface area contributed by atoms with Gasteiger partial charge >= 0.3 is 5.97 Å². The summed E-state index contributed by atoms with van der Waals surface area (Å²) in [6, 6.07) is 0. The van der Waals surface area contributed by atoms with Gasteiger partial charge in [-0.1, -0.05) is 6.92 Å². The normalized spacial score (nSPS) is 29.0. The van der Waals surface area contributed by atoms with Crippen LogP contribution in [0.5, 0.6) is 0 Å². The number of carboxylic acid groups (broad SMARTS) is 1. The number of carbonyl (C=O) groups is 1. The molecule has 1 rings (SSSR count). The van der Waals surface area contributed by atoms with Crippen molar-refractivity contribution in [1.82, 2.24) is 0 Å². The van der Waals surface area contributed by atoms with E-state index in [2.05, 4.69) is 0 Å². The Morgan fingerprint density at radius 1 is 1.50 bits per heavy atom. The van der Waals surface area contributed by atoms with Crippen LogP contribution in [0.3, 0.4) is 0 Å². The fourth-order valence-electron chi connectivity index (χ4n) is 1.81. The average Bonchev–Trinajstić information content (AvgIpc) is 2.89. The summed E-state index contributed by atoms with van der Waals surface area (Å²) in [4.78, 5) is 11.1. The number of hydrogen-bond donors (Lipinski definition) is 1. The SMILES string of the molecule is CCOC[C@]1(C(=O)O)C[C@H]1CS(=O)(=O)CC. The van der Waals surface area contributed by atoms with Gasteiger partial charge in [-0.3, -0.25) is 4.79 Å². The van der Waals surface area contributed by atoms with Crippen LogP contribution >= 0.6 is 0 Å². The molecule has 0 aromatic carbocycles. The Labute approximate surface area is 95.7 Å². The van der Waals surface area contributed by atoms with Gasteiger partial charge in [0.05, 0.1) is 17.8 Å². The number of rotatable bonds is 7. The van der Waals surface area contributed by atoms with E-state index in [9.17, 15) is 13.2 Å². The standard InChI is InChI=1S/C10H18O5S/c1-3-15-7-10(9(11)12)5-8(10)6-16(13,14)4-2/h8H,3-7H2,1-2H3,(H,11,12)/t8-,10+/m0/s1. The topological polar surface area (TPSA) is 80.7 Å². The van der Waals surface area contributed by atoms with E-state index < -0.39 is 21.2 Å². The zero-order valence-electron chi connectivity index (χ0n) is 9.60. The number of ether oxygens (including phenoxy) is 1. The minimum absolute atomic E-state index is 0.0388. The van der Waals surface area contributed by atoms with E-state index in [1.807, 2.05) is 0 Å². The first-order valence-corrected chi connectivity index (χ1v) is 7.21. The molecule has 0 bridgehead atoms. The van der Waals surface area contributed by atoms with E-state index in [1.165, 1.54) is 0 Å². The molecule has 1 aliphatic carbocycles. The molecule has 0 saturated heterocycles. The average molecular weight is 250 g/mol. The minimum atomic E-state index is -3.10. The summed E-state index contributed by atoms with van der Waals surface area (Å²) in [5, 5.41) is 9.10. The fraction of sp³-hybridized carbons (Fsp3) is 0.900. The van der Waals surface area contributed by atoms with E-state index in [0.717, 1.165) is 0 Å². The predicted molar refractivity (Wildman–Crippen MR) is 59.0 cm³/mol. The Balaban J connectivity index is 2.64. The second kappa shape index (κ2) is 4.71. The quantitative estimate of drug-likeness (QED) is 0.713. The molecule has 1 saturated carbocycles. The van der Waals surface area contributed by atoms with Crippen molar-refractivity contribution in [2.75, 3.05) is 24.7 Å². The molecule has 0 amide bonds. The molecule has 0 aromatic rings. The maximum absolute atomic E-state index is 11.4. The molecule has 0 heterocycles. The molecule has 16 heavy (non-hydrogen) atoms. The van der Waals surface area contributed by atoms with E-state index in [1.54, 1.807) is 13.8 Å². The maximum Gasteiger partial charge on any atom is 0.312 e. The molecule has 6 heteroatoms. The van der Waals surface area contributed by atoms with Crippen LogP contribution in [0.15, 0.2) is 0 Å². The highest BCUT2D eigenvalue weighted by molar-refractivity contribution is 7.91. The molecule has 0 unspecified atom stereocenters. The van der Waals surface area contributed by atoms with Crippen LogP contribution in [0, 0.1) is 11.3 Å². The van der Waals surface area contributed by atoms with Crippen LogP contribution in [0.2, 0.25) is 0 Å². The van der Waals surface area contributed by atoms with Crippen molar-refractivity contribution in [3.05, 3.63) is 0 Å². The van der Waals surface area contributed by atoms with Gasteiger partial charge in [0.25, 0.3) is 0 Å². The van der Waals surface area contributed by atoms with Crippen molar-refractivity contribution in [2.45, 2.75) is 20.3 Å². The maximum atomic E-state index is 11.4. The molecular weight excluding hydrogens is 232 g/mol. The number of hydrogen-bond acceptors (Lipinski definition) is 4. The molecule has 0 spiro atoms. The molecule has 1 aliphatic rings. The fourth-order valence-corrected chi connectivity index (χ4v) is 3.09. The van der Waals surface area contributed by atoms with Crippen LogP contribution in [0.25, 0.3) is 0 Å². The van der Waals surface area contributed by atoms with Crippen LogP contribution in [0.4, 0.5) is 0 Å². The van der Waals surface area contributed by atoms with E-state index in [0.29, 0.717) is 13.0 Å². The van der Waals surface area contributed by atoms with Gasteiger partial charge < -0.3 is 9.84 Å². The van der Waals surface area contributed by atoms with Gasteiger partial charge in [0.2, 0.25) is 0 Å². The van der Waals surface area contributed by atoms with Crippen LogP contribution in [-0.2, 0) is 19.4 Å². The Hall–Kier alpha value is -0.620. The van der Waals surface area contributed by atoms with Gasteiger partial charge in [-0.05, 0) is 19.3 Å². The molecule has 5 nitrogen and oxygen atoms in total. The predicted octanol–water partition coefficient (Wildman–Crippen LogP) is 0.549. The zero-order valence-corrected chi connectivity index (χ0v) is 10.4. The first-order valence-electron chi connectivity index (χ1n) is 5.39. The monoisotopic (exact) mass is 250 g/mol. The van der Waals surface area contributed by atoms with Crippen molar-refractivity contribution in [2.24, 2.45) is 11.3 Å². The van der Waals surface area contributed by atoms with E-state index in [4.69, 9.17) is 9.84 Å². The lowest BCUT2D eigenvalue weighted by Gasteiger charge is -2.11. The second-order valence-corrected chi connectivity index (χ2v) is 6.60. The summed E-state index contributed by atoms with van der Waals surface area (Å²) in [6.07, 6.45) is 0.404. The zero-order chi connectivity index (χ0) is 12.4. The smallest absolute Gasteiger partial charge is 0.312 e. The first kappa shape index (κ1) is 13.4. The summed E-state index contributed by atoms with van der Waals surface area (Å²) in [6.45, 7) is 3.92. The van der Waals surface area contributed by atoms with Crippen LogP contribution in [0.1, 0.15) is 20.3 Å². The Morgan fingerprint density at radius 2 is 2.12 bits per heavy atom. The molecule has 94 valence electrons. The van der Waals surface area contributed by atoms with Crippen molar-refractivity contribution >= 4 is 15.8 Å². The largest absolute Gasteiger partial charge is 0.481 e. The second-order valence-electron chi connectivity index (χ2n) is 4.20. The highest BCUT2D eigenvalue weighted by atomic mass is 32.2. The third kappa shape index (κ3) is 2.74. The van der Waals surface area contributed by atoms with E-state index >= 15 is 0 Å². The van der Waals surface area contributed by atoms with Crippen molar-refractivity contribution in [1.29, 1.82) is 0 Å². The van der Waals surface area contributed by atoms with Gasteiger partial charge in [0.1, 0.15) is 9.84 Å². The molecule has 0 aromatic heterocycles. The molecular formula is C10H18O5S. The van der Waals surface area contributed by atoms with Crippen molar-refractivity contribution in [3.8, 4) is 0 Å². The lowest BCUT2D eigenvalue weighted by molar-refractivity contribution is -0.146. The third-order valence-electron chi connectivity index (χ3n) is 3.12.